The van der Waals surface area contributed by atoms with Crippen LogP contribution in [0.25, 0.3) is 0 Å². The fraction of sp³-hybridized carbons (Fsp3) is 0.875. The van der Waals surface area contributed by atoms with Crippen molar-refractivity contribution in [3.05, 3.63) is 0 Å². The molecule has 1 atom stereocenters. The zero-order valence-corrected chi connectivity index (χ0v) is 21.7. The molecule has 200 valence electrons. The molecule has 0 rings (SSSR count). The highest BCUT2D eigenvalue weighted by atomic mass is 31.2. The number of aldehydes is 1. The van der Waals surface area contributed by atoms with E-state index in [1.54, 1.807) is 0 Å². The first-order valence-electron chi connectivity index (χ1n) is 12.8. The van der Waals surface area contributed by atoms with Crippen LogP contribution >= 0.6 is 7.82 Å². The maximum absolute atomic E-state index is 12.0. The monoisotopic (exact) mass is 508 g/mol. The van der Waals surface area contributed by atoms with Crippen molar-refractivity contribution in [3.63, 3.8) is 0 Å². The number of carbonyl (C=O) groups excluding carboxylic acids is 3. The van der Waals surface area contributed by atoms with E-state index in [9.17, 15) is 18.9 Å². The normalized spacial score (nSPS) is 12.3. The van der Waals surface area contributed by atoms with Gasteiger partial charge in [-0.05, 0) is 12.8 Å². The van der Waals surface area contributed by atoms with Crippen LogP contribution in [0.15, 0.2) is 0 Å². The molecular formula is C24H45O9P. The molecule has 0 radical (unpaired) electrons. The van der Waals surface area contributed by atoms with Gasteiger partial charge in [-0.1, -0.05) is 84.0 Å². The molecule has 34 heavy (non-hydrogen) atoms. The van der Waals surface area contributed by atoms with Gasteiger partial charge in [0.1, 0.15) is 12.9 Å². The van der Waals surface area contributed by atoms with Crippen LogP contribution in [0.5, 0.6) is 0 Å². The first-order valence-corrected chi connectivity index (χ1v) is 14.3. The second-order valence-corrected chi connectivity index (χ2v) is 9.87. The average molecular weight is 509 g/mol. The Morgan fingerprint density at radius 1 is 0.765 bits per heavy atom. The summed E-state index contributed by atoms with van der Waals surface area (Å²) in [5.41, 5.74) is 0. The van der Waals surface area contributed by atoms with Crippen molar-refractivity contribution in [2.24, 2.45) is 0 Å². The summed E-state index contributed by atoms with van der Waals surface area (Å²) in [7, 11) is -4.76. The predicted molar refractivity (Wildman–Crippen MR) is 129 cm³/mol. The molecule has 0 aliphatic rings. The Labute approximate surface area is 204 Å². The number of unbranched alkanes of at least 4 members (excludes halogenated alkanes) is 13. The first-order chi connectivity index (χ1) is 16.3. The highest BCUT2D eigenvalue weighted by Gasteiger charge is 2.22. The van der Waals surface area contributed by atoms with Crippen molar-refractivity contribution in [2.45, 2.75) is 122 Å². The van der Waals surface area contributed by atoms with Crippen molar-refractivity contribution in [3.8, 4) is 0 Å². The second kappa shape index (κ2) is 22.2. The molecule has 2 N–H and O–H groups in total. The number of phosphoric ester groups is 1. The summed E-state index contributed by atoms with van der Waals surface area (Å²) in [4.78, 5) is 51.7. The van der Waals surface area contributed by atoms with Crippen molar-refractivity contribution in [1.82, 2.24) is 0 Å². The molecule has 10 heteroatoms. The third-order valence-corrected chi connectivity index (χ3v) is 5.83. The van der Waals surface area contributed by atoms with Crippen LogP contribution < -0.4 is 0 Å². The third-order valence-electron chi connectivity index (χ3n) is 5.34. The Kier molecular flexibility index (Phi) is 21.4. The predicted octanol–water partition coefficient (Wildman–Crippen LogP) is 5.40. The lowest BCUT2D eigenvalue weighted by Gasteiger charge is -2.18. The van der Waals surface area contributed by atoms with Gasteiger partial charge in [-0.15, -0.1) is 0 Å². The van der Waals surface area contributed by atoms with Crippen molar-refractivity contribution in [2.75, 3.05) is 13.2 Å². The Balaban J connectivity index is 3.90. The van der Waals surface area contributed by atoms with Crippen LogP contribution in [0.4, 0.5) is 0 Å². The maximum Gasteiger partial charge on any atom is 0.469 e. The summed E-state index contributed by atoms with van der Waals surface area (Å²) >= 11 is 0. The molecule has 0 amide bonds. The quantitative estimate of drug-likeness (QED) is 0.0759. The largest absolute Gasteiger partial charge is 0.469 e. The number of rotatable bonds is 24. The van der Waals surface area contributed by atoms with Gasteiger partial charge in [-0.2, -0.15) is 0 Å². The first kappa shape index (κ1) is 32.7. The van der Waals surface area contributed by atoms with E-state index < -0.39 is 32.5 Å². The Morgan fingerprint density at radius 3 is 1.76 bits per heavy atom. The van der Waals surface area contributed by atoms with E-state index in [-0.39, 0.29) is 25.9 Å². The molecule has 0 unspecified atom stereocenters. The summed E-state index contributed by atoms with van der Waals surface area (Å²) in [5, 5.41) is 0. The van der Waals surface area contributed by atoms with Gasteiger partial charge in [0.25, 0.3) is 0 Å². The van der Waals surface area contributed by atoms with Crippen LogP contribution in [0.2, 0.25) is 0 Å². The van der Waals surface area contributed by atoms with E-state index in [0.29, 0.717) is 19.1 Å². The minimum Gasteiger partial charge on any atom is -0.462 e. The van der Waals surface area contributed by atoms with Crippen molar-refractivity contribution < 1.29 is 42.7 Å². The van der Waals surface area contributed by atoms with Gasteiger partial charge in [0.15, 0.2) is 6.10 Å². The van der Waals surface area contributed by atoms with E-state index in [1.165, 1.54) is 57.8 Å². The zero-order valence-electron chi connectivity index (χ0n) is 20.8. The molecule has 9 nitrogen and oxygen atoms in total. The van der Waals surface area contributed by atoms with Gasteiger partial charge in [0.05, 0.1) is 6.61 Å². The highest BCUT2D eigenvalue weighted by Crippen LogP contribution is 2.35. The summed E-state index contributed by atoms with van der Waals surface area (Å²) in [6.07, 6.45) is 15.9. The van der Waals surface area contributed by atoms with Gasteiger partial charge in [0, 0.05) is 19.3 Å². The molecular weight excluding hydrogens is 463 g/mol. The van der Waals surface area contributed by atoms with Crippen molar-refractivity contribution >= 4 is 26.0 Å². The standard InChI is InChI=1S/C24H45O9P/c1-2-3-4-5-6-7-8-9-10-11-12-13-14-17-23(26)31-20-22(21-32-34(28,29)30)33-24(27)18-15-16-19-25/h19,22H,2-18,20-21H2,1H3,(H2,28,29,30)/t22-/m1/s1. The molecule has 0 saturated heterocycles. The Bertz CT molecular complexity index is 577. The lowest BCUT2D eigenvalue weighted by atomic mass is 10.0. The van der Waals surface area contributed by atoms with Crippen molar-refractivity contribution in [1.29, 1.82) is 0 Å². The van der Waals surface area contributed by atoms with E-state index in [1.807, 2.05) is 0 Å². The van der Waals surface area contributed by atoms with Crippen LogP contribution in [0, 0.1) is 0 Å². The molecule has 0 aromatic carbocycles. The number of hydrogen-bond acceptors (Lipinski definition) is 7. The fourth-order valence-corrected chi connectivity index (χ4v) is 3.78. The molecule has 0 aromatic heterocycles. The summed E-state index contributed by atoms with van der Waals surface area (Å²) in [6.45, 7) is 1.28. The number of esters is 2. The lowest BCUT2D eigenvalue weighted by molar-refractivity contribution is -0.161. The van der Waals surface area contributed by atoms with Crippen LogP contribution in [-0.4, -0.2) is 47.3 Å². The van der Waals surface area contributed by atoms with Gasteiger partial charge >= 0.3 is 19.8 Å². The van der Waals surface area contributed by atoms with Gasteiger partial charge in [-0.25, -0.2) is 4.57 Å². The zero-order chi connectivity index (χ0) is 25.5. The molecule has 0 aromatic rings. The number of ether oxygens (including phenoxy) is 2. The summed E-state index contributed by atoms with van der Waals surface area (Å²) in [6, 6.07) is 0. The van der Waals surface area contributed by atoms with Crippen LogP contribution in [0.1, 0.15) is 116 Å². The third kappa shape index (κ3) is 23.9. The fourth-order valence-electron chi connectivity index (χ4n) is 3.42. The lowest BCUT2D eigenvalue weighted by Crippen LogP contribution is -2.29. The molecule has 0 fully saturated rings. The van der Waals surface area contributed by atoms with Crippen LogP contribution in [0.3, 0.4) is 0 Å². The van der Waals surface area contributed by atoms with Crippen LogP contribution in [-0.2, 0) is 32.9 Å². The molecule has 0 aliphatic heterocycles. The SMILES string of the molecule is CCCCCCCCCCCCCCCC(=O)OC[C@H](COP(=O)(O)O)OC(=O)CCCC=O. The minimum absolute atomic E-state index is 0.0297. The second-order valence-electron chi connectivity index (χ2n) is 8.63. The van der Waals surface area contributed by atoms with E-state index in [4.69, 9.17) is 19.3 Å². The smallest absolute Gasteiger partial charge is 0.462 e. The number of hydrogen-bond donors (Lipinski definition) is 2. The van der Waals surface area contributed by atoms with E-state index >= 15 is 0 Å². The van der Waals surface area contributed by atoms with E-state index in [0.717, 1.165) is 19.3 Å². The Morgan fingerprint density at radius 2 is 1.26 bits per heavy atom. The summed E-state index contributed by atoms with van der Waals surface area (Å²) in [5.74, 6) is -1.12. The molecule has 0 aliphatic carbocycles. The topological polar surface area (TPSA) is 136 Å². The Hall–Kier alpha value is -1.28. The maximum atomic E-state index is 12.0. The summed E-state index contributed by atoms with van der Waals surface area (Å²) < 4.78 is 25.4. The van der Waals surface area contributed by atoms with E-state index in [2.05, 4.69) is 11.4 Å². The molecule has 0 bridgehead atoms. The average Bonchev–Trinajstić information content (AvgIpc) is 2.78. The molecule has 0 saturated carbocycles. The molecule has 0 spiro atoms. The van der Waals surface area contributed by atoms with Gasteiger partial charge < -0.3 is 24.1 Å². The van der Waals surface area contributed by atoms with Gasteiger partial charge in [-0.3, -0.25) is 14.1 Å². The minimum atomic E-state index is -4.76. The number of carbonyl (C=O) groups is 3. The number of phosphoric acid groups is 1. The molecule has 0 heterocycles. The highest BCUT2D eigenvalue weighted by molar-refractivity contribution is 7.46. The van der Waals surface area contributed by atoms with Gasteiger partial charge in [0.2, 0.25) is 0 Å².